The molecule has 2 aliphatic rings. The molecule has 0 spiro atoms. The van der Waals surface area contributed by atoms with Crippen molar-refractivity contribution in [3.63, 3.8) is 0 Å². The van der Waals surface area contributed by atoms with Crippen molar-refractivity contribution in [1.29, 1.82) is 0 Å². The molecular weight excluding hydrogens is 448 g/mol. The summed E-state index contributed by atoms with van der Waals surface area (Å²) in [5, 5.41) is 11.2. The van der Waals surface area contributed by atoms with Crippen LogP contribution in [0.15, 0.2) is 17.1 Å². The van der Waals surface area contributed by atoms with Gasteiger partial charge in [0.2, 0.25) is 0 Å². The van der Waals surface area contributed by atoms with E-state index in [2.05, 4.69) is 60.4 Å². The Kier molecular flexibility index (Phi) is 7.40. The first-order valence-electron chi connectivity index (χ1n) is 11.6. The molecule has 0 unspecified atom stereocenters. The Morgan fingerprint density at radius 2 is 1.62 bits per heavy atom. The number of nitrogen functional groups attached to an aromatic ring is 1. The van der Waals surface area contributed by atoms with Crippen molar-refractivity contribution in [3.8, 4) is 0 Å². The summed E-state index contributed by atoms with van der Waals surface area (Å²) in [5.41, 5.74) is 5.72. The molecule has 0 aliphatic carbocycles. The van der Waals surface area contributed by atoms with E-state index in [9.17, 15) is 9.90 Å². The first-order chi connectivity index (χ1) is 14.9. The molecule has 2 aliphatic heterocycles. The van der Waals surface area contributed by atoms with Gasteiger partial charge >= 0.3 is 22.8 Å². The number of nitrogens with zero attached hydrogens (tertiary/aromatic N) is 2. The lowest BCUT2D eigenvalue weighted by Crippen LogP contribution is -2.65. The van der Waals surface area contributed by atoms with Gasteiger partial charge in [-0.15, -0.1) is 0 Å². The SMILES string of the molecule is CC(C)[Si]1(C(C)C)OC[C@H]2O[C@@H](n3ccc([15NH2])[15n]c3=O)[C@H](O)[C@@H]2O[Si](C(C)C)(C(C)C)O1. The highest BCUT2D eigenvalue weighted by atomic mass is 28.5. The minimum Gasteiger partial charge on any atom is -0.414 e. The van der Waals surface area contributed by atoms with Crippen LogP contribution in [0, 0.1) is 0 Å². The standard InChI is InChI=1S/C21H39N3O6Si2/c1-12(2)31(13(3)4)27-11-16-19(29-32(30-31,14(5)6)15(7)8)18(25)20(28-16)24-10-9-17(22)23-21(24)26/h9-10,12-16,18-20,25H,11H2,1-8H3,(H2,22,23,26)/t16-,18-,19-,20-/m1/s1/i22+1,23+1. The fraction of sp³-hybridized carbons (Fsp3) is 0.810. The number of aliphatic hydroxyl groups excluding tert-OH is 1. The van der Waals surface area contributed by atoms with Crippen molar-refractivity contribution in [1.82, 2.24) is 9.55 Å². The Morgan fingerprint density at radius 1 is 1.06 bits per heavy atom. The Labute approximate surface area is 192 Å². The van der Waals surface area contributed by atoms with Crippen molar-refractivity contribution >= 4 is 22.9 Å². The molecule has 9 nitrogen and oxygen atoms in total. The van der Waals surface area contributed by atoms with Crippen LogP contribution < -0.4 is 11.4 Å². The zero-order valence-corrected chi connectivity index (χ0v) is 22.4. The minimum atomic E-state index is -2.89. The van der Waals surface area contributed by atoms with Gasteiger partial charge < -0.3 is 28.5 Å². The van der Waals surface area contributed by atoms with Crippen molar-refractivity contribution in [2.24, 2.45) is 0 Å². The van der Waals surface area contributed by atoms with Crippen molar-refractivity contribution in [3.05, 3.63) is 22.7 Å². The molecule has 0 amide bonds. The second-order valence-corrected chi connectivity index (χ2v) is 19.0. The third-order valence-corrected chi connectivity index (χ3v) is 17.0. The molecule has 11 heteroatoms. The lowest BCUT2D eigenvalue weighted by Gasteiger charge is -2.51. The monoisotopic (exact) mass is 487 g/mol. The van der Waals surface area contributed by atoms with Crippen LogP contribution >= 0.6 is 0 Å². The second-order valence-electron chi connectivity index (χ2n) is 10.2. The smallest absolute Gasteiger partial charge is 0.351 e. The molecule has 0 radical (unpaired) electrons. The van der Waals surface area contributed by atoms with Gasteiger partial charge in [0.1, 0.15) is 24.1 Å². The largest absolute Gasteiger partial charge is 0.414 e. The van der Waals surface area contributed by atoms with Gasteiger partial charge in [0, 0.05) is 6.20 Å². The fourth-order valence-electron chi connectivity index (χ4n) is 4.99. The number of hydrogen-bond acceptors (Lipinski definition) is 8. The molecule has 3 heterocycles. The molecule has 0 aromatic carbocycles. The quantitative estimate of drug-likeness (QED) is 0.481. The van der Waals surface area contributed by atoms with Gasteiger partial charge in [0.15, 0.2) is 6.23 Å². The molecule has 3 N–H and O–H groups in total. The molecule has 4 atom stereocenters. The van der Waals surface area contributed by atoms with Gasteiger partial charge in [0.25, 0.3) is 0 Å². The van der Waals surface area contributed by atoms with E-state index in [1.54, 1.807) is 0 Å². The number of aliphatic hydroxyl groups is 1. The average molecular weight is 488 g/mol. The molecule has 1 aromatic rings. The highest BCUT2D eigenvalue weighted by Crippen LogP contribution is 2.48. The molecule has 2 fully saturated rings. The van der Waals surface area contributed by atoms with E-state index in [1.165, 1.54) is 16.8 Å². The van der Waals surface area contributed by atoms with E-state index in [-0.39, 0.29) is 34.6 Å². The van der Waals surface area contributed by atoms with Crippen LogP contribution in [0.1, 0.15) is 61.6 Å². The van der Waals surface area contributed by atoms with E-state index >= 15 is 0 Å². The fourth-order valence-corrected chi connectivity index (χ4v) is 16.2. The molecule has 0 saturated carbocycles. The average Bonchev–Trinajstić information content (AvgIpc) is 2.96. The summed E-state index contributed by atoms with van der Waals surface area (Å²) >= 11 is 0. The Balaban J connectivity index is 2.07. The predicted octanol–water partition coefficient (Wildman–Crippen LogP) is 3.04. The predicted molar refractivity (Wildman–Crippen MR) is 127 cm³/mol. The molecule has 182 valence electrons. The summed E-state index contributed by atoms with van der Waals surface area (Å²) in [6.07, 6.45) is -1.73. The number of anilines is 1. The maximum Gasteiger partial charge on any atom is 0.351 e. The van der Waals surface area contributed by atoms with Gasteiger partial charge in [-0.1, -0.05) is 55.4 Å². The molecule has 2 saturated heterocycles. The second kappa shape index (κ2) is 9.28. The van der Waals surface area contributed by atoms with Crippen molar-refractivity contribution < 1.29 is 22.8 Å². The number of fused-ring (bicyclic) bond motifs is 1. The van der Waals surface area contributed by atoms with E-state index in [4.69, 9.17) is 23.4 Å². The number of hydrogen-bond donors (Lipinski definition) is 2. The van der Waals surface area contributed by atoms with Gasteiger partial charge in [-0.2, -0.15) is 4.98 Å². The van der Waals surface area contributed by atoms with Crippen molar-refractivity contribution in [2.45, 2.75) is 102 Å². The first kappa shape index (κ1) is 25.5. The summed E-state index contributed by atoms with van der Waals surface area (Å²) in [6.45, 7) is 17.3. The highest BCUT2D eigenvalue weighted by molar-refractivity contribution is 6.83. The number of nitrogens with two attached hydrogens (primary N) is 1. The Morgan fingerprint density at radius 3 is 2.12 bits per heavy atom. The Bertz CT molecular complexity index is 846. The minimum absolute atomic E-state index is 0.119. The van der Waals surface area contributed by atoms with Crippen LogP contribution in [0.4, 0.5) is 5.82 Å². The van der Waals surface area contributed by atoms with Crippen LogP contribution in [0.25, 0.3) is 0 Å². The maximum absolute atomic E-state index is 12.4. The lowest BCUT2D eigenvalue weighted by atomic mass is 10.1. The lowest BCUT2D eigenvalue weighted by molar-refractivity contribution is -0.0600. The van der Waals surface area contributed by atoms with E-state index < -0.39 is 47.4 Å². The summed E-state index contributed by atoms with van der Waals surface area (Å²) in [5.74, 6) is 0.119. The summed E-state index contributed by atoms with van der Waals surface area (Å²) in [6, 6.07) is 1.51. The Hall–Kier alpha value is -1.09. The first-order valence-corrected chi connectivity index (χ1v) is 15.5. The van der Waals surface area contributed by atoms with Crippen molar-refractivity contribution in [2.75, 3.05) is 12.3 Å². The maximum atomic E-state index is 12.4. The zero-order chi connectivity index (χ0) is 24.0. The topological polar surface area (TPSA) is 118 Å². The van der Waals surface area contributed by atoms with Gasteiger partial charge in [-0.25, -0.2) is 4.79 Å². The third-order valence-electron chi connectivity index (χ3n) is 6.77. The van der Waals surface area contributed by atoms with Gasteiger partial charge in [0.05, 0.1) is 6.61 Å². The third kappa shape index (κ3) is 4.24. The highest BCUT2D eigenvalue weighted by Gasteiger charge is 2.61. The van der Waals surface area contributed by atoms with Crippen LogP contribution in [0.3, 0.4) is 0 Å². The molecule has 0 bridgehead atoms. The van der Waals surface area contributed by atoms with E-state index in [0.717, 1.165) is 0 Å². The molecule has 32 heavy (non-hydrogen) atoms. The van der Waals surface area contributed by atoms with E-state index in [0.29, 0.717) is 0 Å². The zero-order valence-electron chi connectivity index (χ0n) is 20.4. The molecular formula is C21H39N3O6Si2. The normalized spacial score (nSPS) is 30.0. The molecule has 3 rings (SSSR count). The van der Waals surface area contributed by atoms with Crippen LogP contribution in [-0.4, -0.2) is 56.7 Å². The van der Waals surface area contributed by atoms with Crippen LogP contribution in [0.5, 0.6) is 0 Å². The number of rotatable bonds is 5. The van der Waals surface area contributed by atoms with Gasteiger partial charge in [-0.05, 0) is 28.2 Å². The van der Waals surface area contributed by atoms with Gasteiger partial charge in [-0.3, -0.25) is 4.57 Å². The summed E-state index contributed by atoms with van der Waals surface area (Å²) in [4.78, 5) is 16.2. The summed E-state index contributed by atoms with van der Waals surface area (Å²) < 4.78 is 28.1. The number of ether oxygens (including phenoxy) is 1. The summed E-state index contributed by atoms with van der Waals surface area (Å²) in [7, 11) is -5.59. The van der Waals surface area contributed by atoms with E-state index in [1.807, 2.05) is 0 Å². The molecule has 1 aromatic heterocycles. The number of aromatic nitrogens is 2. The van der Waals surface area contributed by atoms with Crippen LogP contribution in [0.2, 0.25) is 22.2 Å². The van der Waals surface area contributed by atoms with Crippen LogP contribution in [-0.2, 0) is 17.7 Å².